The van der Waals surface area contributed by atoms with Gasteiger partial charge in [-0.25, -0.2) is 4.98 Å². The first-order valence-electron chi connectivity index (χ1n) is 9.33. The second-order valence-corrected chi connectivity index (χ2v) is 7.98. The van der Waals surface area contributed by atoms with Gasteiger partial charge in [0.05, 0.1) is 38.8 Å². The molecule has 0 aliphatic rings. The molecular weight excluding hydrogens is 425 g/mol. The fourth-order valence-electron chi connectivity index (χ4n) is 3.40. The Morgan fingerprint density at radius 3 is 2.27 bits per heavy atom. The van der Waals surface area contributed by atoms with Crippen LogP contribution in [0.3, 0.4) is 0 Å². The van der Waals surface area contributed by atoms with Gasteiger partial charge in [-0.05, 0) is 55.3 Å². The van der Waals surface area contributed by atoms with E-state index < -0.39 is 12.2 Å². The summed E-state index contributed by atoms with van der Waals surface area (Å²) in [6.07, 6.45) is 0.159. The lowest BCUT2D eigenvalue weighted by Gasteiger charge is -2.16. The van der Waals surface area contributed by atoms with E-state index in [1.165, 1.54) is 0 Å². The van der Waals surface area contributed by atoms with E-state index in [1.807, 2.05) is 0 Å². The van der Waals surface area contributed by atoms with Crippen molar-refractivity contribution < 1.29 is 10.2 Å². The Hall–Kier alpha value is -2.64. The minimum Gasteiger partial charge on any atom is -0.389 e. The predicted molar refractivity (Wildman–Crippen MR) is 121 cm³/mol. The van der Waals surface area contributed by atoms with E-state index in [-0.39, 0.29) is 5.56 Å². The van der Waals surface area contributed by atoms with Gasteiger partial charge >= 0.3 is 0 Å². The first-order chi connectivity index (χ1) is 14.3. The molecule has 6 nitrogen and oxygen atoms in total. The van der Waals surface area contributed by atoms with Crippen LogP contribution in [0.5, 0.6) is 0 Å². The quantitative estimate of drug-likeness (QED) is 0.323. The van der Waals surface area contributed by atoms with E-state index in [0.717, 1.165) is 0 Å². The maximum Gasteiger partial charge on any atom is 0.256 e. The van der Waals surface area contributed by atoms with Crippen LogP contribution < -0.4 is 10.9 Å². The minimum absolute atomic E-state index is 0.271. The van der Waals surface area contributed by atoms with Crippen molar-refractivity contribution >= 4 is 56.4 Å². The summed E-state index contributed by atoms with van der Waals surface area (Å²) in [5.41, 5.74) is 2.02. The second kappa shape index (κ2) is 7.89. The number of nitrogens with one attached hydrogen (secondary N) is 2. The third-order valence-electron chi connectivity index (χ3n) is 5.01. The van der Waals surface area contributed by atoms with Crippen LogP contribution >= 0.6 is 23.2 Å². The molecule has 30 heavy (non-hydrogen) atoms. The number of H-pyrrole nitrogens is 1. The van der Waals surface area contributed by atoms with Crippen LogP contribution in [0.4, 0.5) is 11.5 Å². The van der Waals surface area contributed by atoms with Crippen LogP contribution in [0.2, 0.25) is 10.0 Å². The average molecular weight is 444 g/mol. The first-order valence-corrected chi connectivity index (χ1v) is 10.1. The summed E-state index contributed by atoms with van der Waals surface area (Å²) >= 11 is 12.8. The third kappa shape index (κ3) is 3.63. The molecule has 0 saturated heterocycles. The van der Waals surface area contributed by atoms with Gasteiger partial charge < -0.3 is 20.5 Å². The van der Waals surface area contributed by atoms with Crippen molar-refractivity contribution in [2.24, 2.45) is 0 Å². The summed E-state index contributed by atoms with van der Waals surface area (Å²) in [5.74, 6) is 0.419. The maximum atomic E-state index is 12.7. The van der Waals surface area contributed by atoms with E-state index >= 15 is 0 Å². The highest BCUT2D eigenvalue weighted by atomic mass is 35.5. The van der Waals surface area contributed by atoms with Gasteiger partial charge in [-0.15, -0.1) is 0 Å². The zero-order valence-corrected chi connectivity index (χ0v) is 17.7. The molecule has 2 aromatic carbocycles. The van der Waals surface area contributed by atoms with Crippen LogP contribution in [-0.4, -0.2) is 20.2 Å². The molecule has 0 radical (unpaired) electrons. The molecule has 2 aromatic heterocycles. The van der Waals surface area contributed by atoms with Gasteiger partial charge in [-0.2, -0.15) is 0 Å². The zero-order chi connectivity index (χ0) is 21.6. The highest BCUT2D eigenvalue weighted by molar-refractivity contribution is 6.39. The highest BCUT2D eigenvalue weighted by Gasteiger charge is 2.16. The molecule has 0 bridgehead atoms. The SMILES string of the molecule is C[C@@H](O)c1cc(Cl)c(Nc2nc3ccc([C@@H](C)O)cc3c3c(=O)[nH]ccc23)c(Cl)c1. The average Bonchev–Trinajstić information content (AvgIpc) is 2.70. The molecule has 4 aromatic rings. The van der Waals surface area contributed by atoms with Crippen molar-refractivity contribution in [2.45, 2.75) is 26.1 Å². The number of aromatic amines is 1. The molecule has 0 amide bonds. The topological polar surface area (TPSA) is 98.2 Å². The van der Waals surface area contributed by atoms with Gasteiger partial charge in [0.2, 0.25) is 0 Å². The van der Waals surface area contributed by atoms with Crippen molar-refractivity contribution in [1.29, 1.82) is 0 Å². The molecule has 2 heterocycles. The number of pyridine rings is 2. The van der Waals surface area contributed by atoms with Gasteiger partial charge in [-0.3, -0.25) is 4.79 Å². The predicted octanol–water partition coefficient (Wildman–Crippen LogP) is 5.23. The Kier molecular flexibility index (Phi) is 5.42. The summed E-state index contributed by atoms with van der Waals surface area (Å²) in [5, 5.41) is 25.2. The van der Waals surface area contributed by atoms with Crippen molar-refractivity contribution in [2.75, 3.05) is 5.32 Å². The Labute approximate surface area is 182 Å². The molecule has 0 aliphatic carbocycles. The number of fused-ring (bicyclic) bond motifs is 3. The highest BCUT2D eigenvalue weighted by Crippen LogP contribution is 2.38. The van der Waals surface area contributed by atoms with Gasteiger partial charge in [-0.1, -0.05) is 29.3 Å². The molecular formula is C22H19Cl2N3O3. The van der Waals surface area contributed by atoms with Gasteiger partial charge in [0, 0.05) is 17.0 Å². The number of hydrogen-bond acceptors (Lipinski definition) is 5. The van der Waals surface area contributed by atoms with Crippen molar-refractivity contribution in [3.63, 3.8) is 0 Å². The van der Waals surface area contributed by atoms with Crippen LogP contribution in [0, 0.1) is 0 Å². The third-order valence-corrected chi connectivity index (χ3v) is 5.61. The Morgan fingerprint density at radius 1 is 0.967 bits per heavy atom. The Bertz CT molecular complexity index is 1310. The number of hydrogen-bond donors (Lipinski definition) is 4. The van der Waals surface area contributed by atoms with E-state index in [9.17, 15) is 15.0 Å². The number of aromatic nitrogens is 2. The number of rotatable bonds is 4. The molecule has 4 rings (SSSR count). The molecule has 0 spiro atoms. The lowest BCUT2D eigenvalue weighted by atomic mass is 10.0. The molecule has 4 N–H and O–H groups in total. The number of halogens is 2. The number of benzene rings is 2. The summed E-state index contributed by atoms with van der Waals surface area (Å²) in [4.78, 5) is 20.0. The molecule has 154 valence electrons. The van der Waals surface area contributed by atoms with E-state index in [2.05, 4.69) is 15.3 Å². The summed E-state index contributed by atoms with van der Waals surface area (Å²) in [6.45, 7) is 3.29. The fourth-order valence-corrected chi connectivity index (χ4v) is 4.00. The fraction of sp³-hybridized carbons (Fsp3) is 0.182. The largest absolute Gasteiger partial charge is 0.389 e. The summed E-state index contributed by atoms with van der Waals surface area (Å²) in [6, 6.07) is 10.3. The lowest BCUT2D eigenvalue weighted by Crippen LogP contribution is -2.08. The molecule has 0 fully saturated rings. The molecule has 2 atom stereocenters. The lowest BCUT2D eigenvalue weighted by molar-refractivity contribution is 0.199. The van der Waals surface area contributed by atoms with Gasteiger partial charge in [0.25, 0.3) is 5.56 Å². The number of aliphatic hydroxyl groups is 2. The van der Waals surface area contributed by atoms with Gasteiger partial charge in [0.1, 0.15) is 5.82 Å². The molecule has 0 aliphatic heterocycles. The number of anilines is 2. The van der Waals surface area contributed by atoms with Gasteiger partial charge in [0.15, 0.2) is 0 Å². The van der Waals surface area contributed by atoms with Crippen LogP contribution in [0.1, 0.15) is 37.2 Å². The van der Waals surface area contributed by atoms with Crippen LogP contribution in [0.15, 0.2) is 47.4 Å². The van der Waals surface area contributed by atoms with Crippen molar-refractivity contribution in [1.82, 2.24) is 9.97 Å². The number of nitrogens with zero attached hydrogens (tertiary/aromatic N) is 1. The first kappa shape index (κ1) is 20.6. The van der Waals surface area contributed by atoms with E-state index in [0.29, 0.717) is 54.4 Å². The smallest absolute Gasteiger partial charge is 0.256 e. The van der Waals surface area contributed by atoms with Crippen LogP contribution in [0.25, 0.3) is 21.7 Å². The van der Waals surface area contributed by atoms with Crippen LogP contribution in [-0.2, 0) is 0 Å². The normalized spacial score (nSPS) is 13.5. The Balaban J connectivity index is 1.95. The summed E-state index contributed by atoms with van der Waals surface area (Å²) in [7, 11) is 0. The van der Waals surface area contributed by atoms with Crippen molar-refractivity contribution in [3.05, 3.63) is 74.1 Å². The molecule has 0 unspecified atom stereocenters. The van der Waals surface area contributed by atoms with E-state index in [4.69, 9.17) is 23.2 Å². The van der Waals surface area contributed by atoms with E-state index in [1.54, 1.807) is 56.4 Å². The molecule has 8 heteroatoms. The number of aliphatic hydroxyl groups excluding tert-OH is 2. The second-order valence-electron chi connectivity index (χ2n) is 7.17. The maximum absolute atomic E-state index is 12.7. The zero-order valence-electron chi connectivity index (χ0n) is 16.2. The Morgan fingerprint density at radius 2 is 1.63 bits per heavy atom. The minimum atomic E-state index is -0.713. The molecule has 0 saturated carbocycles. The monoisotopic (exact) mass is 443 g/mol. The summed E-state index contributed by atoms with van der Waals surface area (Å²) < 4.78 is 0. The standard InChI is InChI=1S/C22H19Cl2N3O3/c1-10(28)12-3-4-18-15(7-12)19-14(5-6-25-22(19)30)21(26-18)27-20-16(23)8-13(11(2)29)9-17(20)24/h3-11,28-29H,1-2H3,(H,25,30)(H,26,27)/t10-,11-/m1/s1. The van der Waals surface area contributed by atoms with Crippen molar-refractivity contribution in [3.8, 4) is 0 Å².